The number of rotatable bonds is 1. The molecule has 0 spiro atoms. The van der Waals surface area contributed by atoms with Crippen molar-refractivity contribution in [3.63, 3.8) is 0 Å². The van der Waals surface area contributed by atoms with Crippen LogP contribution in [0.1, 0.15) is 15.9 Å². The maximum Gasteiger partial charge on any atom is 0.151 e. The average molecular weight is 207 g/mol. The summed E-state index contributed by atoms with van der Waals surface area (Å²) in [5.41, 5.74) is 3.72. The Hall–Kier alpha value is -2.40. The Bertz CT molecular complexity index is 550. The van der Waals surface area contributed by atoms with E-state index in [1.54, 1.807) is 18.2 Å². The second kappa shape index (κ2) is 4.41. The van der Waals surface area contributed by atoms with Crippen molar-refractivity contribution in [1.29, 1.82) is 0 Å². The number of carbonyl (C=O) groups excluding carboxylic acids is 1. The lowest BCUT2D eigenvalue weighted by molar-refractivity contribution is 0.112. The molecule has 0 atom stereocenters. The van der Waals surface area contributed by atoms with Crippen LogP contribution in [-0.4, -0.2) is 11.3 Å². The molecule has 2 nitrogen and oxygen atoms in total. The van der Waals surface area contributed by atoms with E-state index in [-0.39, 0.29) is 0 Å². The number of fused-ring (bicyclic) bond motifs is 1. The molecule has 76 valence electrons. The highest BCUT2D eigenvalue weighted by molar-refractivity contribution is 5.79. The van der Waals surface area contributed by atoms with Gasteiger partial charge in [-0.1, -0.05) is 24.1 Å². The molecule has 0 fully saturated rings. The summed E-state index contributed by atoms with van der Waals surface area (Å²) in [6, 6.07) is 11.1. The summed E-state index contributed by atoms with van der Waals surface area (Å²) < 4.78 is 0. The van der Waals surface area contributed by atoms with E-state index in [0.717, 1.165) is 6.29 Å². The van der Waals surface area contributed by atoms with Gasteiger partial charge in [-0.05, 0) is 18.2 Å². The molecular formula is C14H9NO. The van der Waals surface area contributed by atoms with Gasteiger partial charge in [0.25, 0.3) is 0 Å². The molecule has 0 aromatic heterocycles. The summed E-state index contributed by atoms with van der Waals surface area (Å²) >= 11 is 0. The molecule has 1 aromatic carbocycles. The minimum Gasteiger partial charge on any atom is -0.298 e. The first-order valence-electron chi connectivity index (χ1n) is 4.82. The second-order valence-electron chi connectivity index (χ2n) is 3.28. The molecule has 1 aromatic rings. The summed E-state index contributed by atoms with van der Waals surface area (Å²) in [6.45, 7) is 0. The Morgan fingerprint density at radius 1 is 1.25 bits per heavy atom. The summed E-state index contributed by atoms with van der Waals surface area (Å²) in [7, 11) is 0. The molecule has 0 amide bonds. The average Bonchev–Trinajstić information content (AvgIpc) is 2.96. The van der Waals surface area contributed by atoms with E-state index in [4.69, 9.17) is 6.42 Å². The topological polar surface area (TPSA) is 30.0 Å². The van der Waals surface area contributed by atoms with Crippen molar-refractivity contribution in [3.8, 4) is 23.6 Å². The number of nitrogens with zero attached hydrogens (tertiary/aromatic N) is 1. The number of terminal acetylenes is 1. The molecule has 0 bridgehead atoms. The van der Waals surface area contributed by atoms with Crippen LogP contribution in [0.5, 0.6) is 0 Å². The molecule has 0 unspecified atom stereocenters. The minimum absolute atomic E-state index is 0.574. The van der Waals surface area contributed by atoms with Gasteiger partial charge < -0.3 is 0 Å². The summed E-state index contributed by atoms with van der Waals surface area (Å²) in [4.78, 5) is 14.2. The van der Waals surface area contributed by atoms with Crippen LogP contribution < -0.4 is 0 Å². The third-order valence-electron chi connectivity index (χ3n) is 2.22. The largest absolute Gasteiger partial charge is 0.298 e. The number of carbonyl (C=O) groups is 1. The lowest BCUT2D eigenvalue weighted by Gasteiger charge is -1.91. The SMILES string of the molecule is C#Cc1ccccc1C=O.c1cc2cc-2n1. The summed E-state index contributed by atoms with van der Waals surface area (Å²) in [5.74, 6) is 2.42. The molecule has 2 aliphatic rings. The van der Waals surface area contributed by atoms with Gasteiger partial charge >= 0.3 is 0 Å². The maximum atomic E-state index is 10.3. The van der Waals surface area contributed by atoms with E-state index in [0.29, 0.717) is 11.1 Å². The molecule has 0 saturated heterocycles. The number of hydrogen-bond donors (Lipinski definition) is 0. The van der Waals surface area contributed by atoms with Gasteiger partial charge in [0.1, 0.15) is 0 Å². The first-order chi connectivity index (χ1) is 7.85. The molecule has 0 radical (unpaired) electrons. The first kappa shape index (κ1) is 10.1. The monoisotopic (exact) mass is 207 g/mol. The minimum atomic E-state index is 0.574. The Balaban J connectivity index is 0.000000134. The van der Waals surface area contributed by atoms with E-state index in [9.17, 15) is 4.79 Å². The molecule has 16 heavy (non-hydrogen) atoms. The van der Waals surface area contributed by atoms with Crippen molar-refractivity contribution < 1.29 is 4.79 Å². The molecule has 1 aliphatic carbocycles. The van der Waals surface area contributed by atoms with Crippen molar-refractivity contribution in [3.05, 3.63) is 53.7 Å². The first-order valence-corrected chi connectivity index (χ1v) is 4.82. The predicted molar refractivity (Wildman–Crippen MR) is 63.0 cm³/mol. The highest BCUT2D eigenvalue weighted by Gasteiger charge is 2.09. The van der Waals surface area contributed by atoms with Crippen LogP contribution in [0.15, 0.2) is 42.6 Å². The number of hydrogen-bond acceptors (Lipinski definition) is 2. The van der Waals surface area contributed by atoms with E-state index in [2.05, 4.69) is 17.0 Å². The fourth-order valence-corrected chi connectivity index (χ4v) is 1.29. The van der Waals surface area contributed by atoms with Crippen molar-refractivity contribution >= 4 is 6.29 Å². The van der Waals surface area contributed by atoms with E-state index < -0.39 is 0 Å². The third kappa shape index (κ3) is 2.15. The number of aromatic nitrogens is 1. The number of benzene rings is 1. The normalized spacial score (nSPS) is 9.44. The van der Waals surface area contributed by atoms with Crippen LogP contribution in [-0.2, 0) is 0 Å². The van der Waals surface area contributed by atoms with Gasteiger partial charge in [0.2, 0.25) is 0 Å². The highest BCUT2D eigenvalue weighted by atomic mass is 16.1. The Labute approximate surface area is 94.0 Å². The van der Waals surface area contributed by atoms with Gasteiger partial charge in [0, 0.05) is 22.9 Å². The van der Waals surface area contributed by atoms with Gasteiger partial charge in [-0.3, -0.25) is 9.78 Å². The standard InChI is InChI=1S/C9H6O.C5H3N/c1-2-8-5-3-4-6-9(8)7-10;1-2-6-5-3-4(1)5/h1,3-7H;1-3H. The number of pyridine rings is 1. The van der Waals surface area contributed by atoms with E-state index >= 15 is 0 Å². The lowest BCUT2D eigenvalue weighted by Crippen LogP contribution is -1.84. The Morgan fingerprint density at radius 3 is 2.44 bits per heavy atom. The van der Waals surface area contributed by atoms with E-state index in [1.165, 1.54) is 11.3 Å². The van der Waals surface area contributed by atoms with Gasteiger partial charge in [-0.2, -0.15) is 0 Å². The van der Waals surface area contributed by atoms with Crippen molar-refractivity contribution in [2.24, 2.45) is 0 Å². The Kier molecular flexibility index (Phi) is 2.79. The maximum absolute atomic E-state index is 10.3. The molecule has 1 heterocycles. The zero-order valence-electron chi connectivity index (χ0n) is 8.55. The second-order valence-corrected chi connectivity index (χ2v) is 3.28. The zero-order chi connectivity index (χ0) is 11.4. The predicted octanol–water partition coefficient (Wildman–Crippen LogP) is 2.54. The van der Waals surface area contributed by atoms with Crippen LogP contribution >= 0.6 is 0 Å². The quantitative estimate of drug-likeness (QED) is 0.453. The number of aldehydes is 1. The van der Waals surface area contributed by atoms with Gasteiger partial charge in [0.15, 0.2) is 6.29 Å². The molecule has 3 rings (SSSR count). The van der Waals surface area contributed by atoms with Gasteiger partial charge in [-0.15, -0.1) is 6.42 Å². The molecular weight excluding hydrogens is 198 g/mol. The summed E-state index contributed by atoms with van der Waals surface area (Å²) in [5, 5.41) is 0. The van der Waals surface area contributed by atoms with E-state index in [1.807, 2.05) is 18.3 Å². The highest BCUT2D eigenvalue weighted by Crippen LogP contribution is 2.29. The van der Waals surface area contributed by atoms with Crippen LogP contribution in [0.2, 0.25) is 0 Å². The third-order valence-corrected chi connectivity index (χ3v) is 2.22. The van der Waals surface area contributed by atoms with Crippen LogP contribution in [0.25, 0.3) is 11.3 Å². The fourth-order valence-electron chi connectivity index (χ4n) is 1.29. The van der Waals surface area contributed by atoms with Crippen LogP contribution in [0.4, 0.5) is 0 Å². The van der Waals surface area contributed by atoms with Crippen LogP contribution in [0.3, 0.4) is 0 Å². The van der Waals surface area contributed by atoms with Crippen LogP contribution in [0, 0.1) is 12.3 Å². The molecule has 0 saturated carbocycles. The zero-order valence-corrected chi connectivity index (χ0v) is 8.55. The molecule has 1 aliphatic heterocycles. The molecule has 2 heteroatoms. The molecule has 0 N–H and O–H groups in total. The smallest absolute Gasteiger partial charge is 0.151 e. The van der Waals surface area contributed by atoms with Gasteiger partial charge in [0.05, 0.1) is 5.69 Å². The lowest BCUT2D eigenvalue weighted by atomic mass is 10.1. The fraction of sp³-hybridized carbons (Fsp3) is 0. The van der Waals surface area contributed by atoms with Crippen molar-refractivity contribution in [1.82, 2.24) is 4.98 Å². The summed E-state index contributed by atoms with van der Waals surface area (Å²) in [6.07, 6.45) is 7.70. The van der Waals surface area contributed by atoms with Crippen molar-refractivity contribution in [2.45, 2.75) is 0 Å². The Morgan fingerprint density at radius 2 is 2.06 bits per heavy atom. The van der Waals surface area contributed by atoms with Crippen molar-refractivity contribution in [2.75, 3.05) is 0 Å². The van der Waals surface area contributed by atoms with Gasteiger partial charge in [-0.25, -0.2) is 0 Å².